The van der Waals surface area contributed by atoms with Crippen LogP contribution >= 0.6 is 0 Å². The Morgan fingerprint density at radius 2 is 1.83 bits per heavy atom. The second kappa shape index (κ2) is 7.22. The minimum atomic E-state index is -4.00. The summed E-state index contributed by atoms with van der Waals surface area (Å²) >= 11 is 0. The van der Waals surface area contributed by atoms with Crippen LogP contribution in [-0.2, 0) is 23.8 Å². The Labute approximate surface area is 134 Å². The van der Waals surface area contributed by atoms with Crippen molar-refractivity contribution in [2.24, 2.45) is 5.73 Å². The molecule has 0 aromatic heterocycles. The monoisotopic (exact) mass is 347 g/mol. The molecule has 1 saturated heterocycles. The van der Waals surface area contributed by atoms with Gasteiger partial charge in [-0.3, -0.25) is 4.18 Å². The molecule has 1 aliphatic rings. The molecule has 1 aromatic rings. The Kier molecular flexibility index (Phi) is 5.74. The fraction of sp³-hybridized carbons (Fsp3) is 0.571. The summed E-state index contributed by atoms with van der Waals surface area (Å²) in [5.41, 5.74) is 6.57. The summed E-state index contributed by atoms with van der Waals surface area (Å²) in [5, 5.41) is 19.8. The van der Waals surface area contributed by atoms with Gasteiger partial charge in [0, 0.05) is 7.11 Å². The van der Waals surface area contributed by atoms with E-state index >= 15 is 0 Å². The third-order valence-electron chi connectivity index (χ3n) is 3.68. The molecule has 4 N–H and O–H groups in total. The molecule has 1 fully saturated rings. The summed E-state index contributed by atoms with van der Waals surface area (Å²) < 4.78 is 39.4. The molecule has 0 amide bonds. The van der Waals surface area contributed by atoms with Crippen molar-refractivity contribution in [3.63, 3.8) is 0 Å². The van der Waals surface area contributed by atoms with E-state index in [1.807, 2.05) is 6.92 Å². The fourth-order valence-corrected chi connectivity index (χ4v) is 3.15. The van der Waals surface area contributed by atoms with Gasteiger partial charge in [0.1, 0.15) is 18.3 Å². The minimum absolute atomic E-state index is 0.00561. The van der Waals surface area contributed by atoms with Crippen molar-refractivity contribution in [1.82, 2.24) is 0 Å². The molecule has 0 saturated carbocycles. The van der Waals surface area contributed by atoms with Crippen molar-refractivity contribution >= 4 is 10.1 Å². The molecule has 8 nitrogen and oxygen atoms in total. The molecule has 1 heterocycles. The van der Waals surface area contributed by atoms with Gasteiger partial charge in [-0.05, 0) is 19.1 Å². The van der Waals surface area contributed by atoms with Crippen LogP contribution < -0.4 is 5.73 Å². The van der Waals surface area contributed by atoms with Crippen molar-refractivity contribution in [2.45, 2.75) is 42.5 Å². The van der Waals surface area contributed by atoms with Crippen molar-refractivity contribution < 1.29 is 32.3 Å². The summed E-state index contributed by atoms with van der Waals surface area (Å²) in [6.07, 6.45) is -4.76. The van der Waals surface area contributed by atoms with Gasteiger partial charge in [-0.25, -0.2) is 0 Å². The highest BCUT2D eigenvalue weighted by Gasteiger charge is 2.43. The standard InChI is InChI=1S/C14H21NO7S/c1-8-3-5-9(6-4-8)23(18,19)21-7-10-12(16)13(17)11(15)14(20-2)22-10/h3-6,10-14,16-17H,7,15H2,1-2H3/t10-,11+,12-,13+,14+/m1/s1. The number of hydrogen-bond donors (Lipinski definition) is 3. The zero-order chi connectivity index (χ0) is 17.2. The molecule has 9 heteroatoms. The van der Waals surface area contributed by atoms with Crippen molar-refractivity contribution in [2.75, 3.05) is 13.7 Å². The minimum Gasteiger partial charge on any atom is -0.388 e. The number of ether oxygens (including phenoxy) is 2. The van der Waals surface area contributed by atoms with E-state index in [1.165, 1.54) is 19.2 Å². The highest BCUT2D eigenvalue weighted by molar-refractivity contribution is 7.86. The number of hydrogen-bond acceptors (Lipinski definition) is 8. The van der Waals surface area contributed by atoms with E-state index in [4.69, 9.17) is 19.4 Å². The fourth-order valence-electron chi connectivity index (χ4n) is 2.23. The number of rotatable bonds is 5. The first-order valence-corrected chi connectivity index (χ1v) is 8.43. The highest BCUT2D eigenvalue weighted by Crippen LogP contribution is 2.22. The number of aryl methyl sites for hydroxylation is 1. The molecule has 2 rings (SSSR count). The SMILES string of the molecule is CO[C@H]1O[C@H](COS(=O)(=O)c2ccc(C)cc2)[C@@H](O)[C@@H](O)[C@@H]1N. The van der Waals surface area contributed by atoms with Crippen LogP contribution in [-0.4, -0.2) is 63.0 Å². The Morgan fingerprint density at radius 1 is 1.22 bits per heavy atom. The predicted octanol–water partition coefficient (Wildman–Crippen LogP) is -0.879. The van der Waals surface area contributed by atoms with E-state index in [2.05, 4.69) is 0 Å². The Hall–Kier alpha value is -1.07. The van der Waals surface area contributed by atoms with Crippen molar-refractivity contribution in [3.8, 4) is 0 Å². The third-order valence-corrected chi connectivity index (χ3v) is 4.97. The second-order valence-corrected chi connectivity index (χ2v) is 7.00. The second-order valence-electron chi connectivity index (χ2n) is 5.39. The number of benzene rings is 1. The summed E-state index contributed by atoms with van der Waals surface area (Å²) in [4.78, 5) is -0.00561. The van der Waals surface area contributed by atoms with E-state index in [9.17, 15) is 18.6 Å². The Morgan fingerprint density at radius 3 is 2.39 bits per heavy atom. The average molecular weight is 347 g/mol. The molecule has 130 valence electrons. The van der Waals surface area contributed by atoms with Crippen molar-refractivity contribution in [1.29, 1.82) is 0 Å². The lowest BCUT2D eigenvalue weighted by Gasteiger charge is -2.40. The molecule has 1 aliphatic heterocycles. The maximum Gasteiger partial charge on any atom is 0.297 e. The van der Waals surface area contributed by atoms with Crippen LogP contribution in [0.3, 0.4) is 0 Å². The largest absolute Gasteiger partial charge is 0.388 e. The van der Waals surface area contributed by atoms with Gasteiger partial charge in [-0.15, -0.1) is 0 Å². The van der Waals surface area contributed by atoms with Gasteiger partial charge in [-0.1, -0.05) is 17.7 Å². The van der Waals surface area contributed by atoms with Gasteiger partial charge in [0.15, 0.2) is 6.29 Å². The normalized spacial score (nSPS) is 32.0. The summed E-state index contributed by atoms with van der Waals surface area (Å²) in [7, 11) is -2.67. The van der Waals surface area contributed by atoms with Crippen LogP contribution in [0.1, 0.15) is 5.56 Å². The summed E-state index contributed by atoms with van der Waals surface area (Å²) in [5.74, 6) is 0. The van der Waals surface area contributed by atoms with E-state index in [1.54, 1.807) is 12.1 Å². The smallest absolute Gasteiger partial charge is 0.297 e. The van der Waals surface area contributed by atoms with E-state index in [-0.39, 0.29) is 4.90 Å². The van der Waals surface area contributed by atoms with Gasteiger partial charge in [0.05, 0.1) is 17.5 Å². The molecular formula is C14H21NO7S. The highest BCUT2D eigenvalue weighted by atomic mass is 32.2. The van der Waals surface area contributed by atoms with Crippen molar-refractivity contribution in [3.05, 3.63) is 29.8 Å². The van der Waals surface area contributed by atoms with Gasteiger partial charge in [-0.2, -0.15) is 8.42 Å². The van der Waals surface area contributed by atoms with Gasteiger partial charge < -0.3 is 25.4 Å². The van der Waals surface area contributed by atoms with E-state index in [0.29, 0.717) is 0 Å². The first kappa shape index (κ1) is 18.3. The molecule has 0 aliphatic carbocycles. The first-order valence-electron chi connectivity index (χ1n) is 7.02. The molecule has 0 spiro atoms. The van der Waals surface area contributed by atoms with Gasteiger partial charge in [0.2, 0.25) is 0 Å². The molecule has 1 aromatic carbocycles. The molecule has 0 unspecified atom stereocenters. The number of aliphatic hydroxyl groups excluding tert-OH is 2. The van der Waals surface area contributed by atoms with Crippen LogP contribution in [0.2, 0.25) is 0 Å². The molecule has 5 atom stereocenters. The van der Waals surface area contributed by atoms with Crippen LogP contribution in [0.5, 0.6) is 0 Å². The van der Waals surface area contributed by atoms with E-state index in [0.717, 1.165) is 5.56 Å². The van der Waals surface area contributed by atoms with Crippen LogP contribution in [0.25, 0.3) is 0 Å². The zero-order valence-corrected chi connectivity index (χ0v) is 13.6. The maximum absolute atomic E-state index is 12.1. The van der Waals surface area contributed by atoms with Gasteiger partial charge >= 0.3 is 0 Å². The molecule has 0 bridgehead atoms. The lowest BCUT2D eigenvalue weighted by molar-refractivity contribution is -0.256. The van der Waals surface area contributed by atoms with Crippen LogP contribution in [0, 0.1) is 6.92 Å². The number of aliphatic hydroxyl groups is 2. The molecule has 0 radical (unpaired) electrons. The maximum atomic E-state index is 12.1. The Bertz CT molecular complexity index is 617. The predicted molar refractivity (Wildman–Crippen MR) is 80.0 cm³/mol. The first-order chi connectivity index (χ1) is 10.8. The zero-order valence-electron chi connectivity index (χ0n) is 12.8. The summed E-state index contributed by atoms with van der Waals surface area (Å²) in [6, 6.07) is 5.19. The third kappa shape index (κ3) is 4.07. The Balaban J connectivity index is 2.05. The van der Waals surface area contributed by atoms with Crippen LogP contribution in [0.15, 0.2) is 29.2 Å². The number of nitrogens with two attached hydrogens (primary N) is 1. The quantitative estimate of drug-likeness (QED) is 0.586. The molecule has 23 heavy (non-hydrogen) atoms. The van der Waals surface area contributed by atoms with Gasteiger partial charge in [0.25, 0.3) is 10.1 Å². The summed E-state index contributed by atoms with van der Waals surface area (Å²) in [6.45, 7) is 1.36. The van der Waals surface area contributed by atoms with Crippen LogP contribution in [0.4, 0.5) is 0 Å². The average Bonchev–Trinajstić information content (AvgIpc) is 2.52. The number of methoxy groups -OCH3 is 1. The van der Waals surface area contributed by atoms with E-state index < -0.39 is 47.4 Å². The lowest BCUT2D eigenvalue weighted by Crippen LogP contribution is -2.62. The topological polar surface area (TPSA) is 128 Å². The molecular weight excluding hydrogens is 326 g/mol. The lowest BCUT2D eigenvalue weighted by atomic mass is 9.98.